The Bertz CT molecular complexity index is 164. The Labute approximate surface area is 92.4 Å². The molecule has 1 aliphatic rings. The van der Waals surface area contributed by atoms with Gasteiger partial charge in [0.2, 0.25) is 0 Å². The van der Waals surface area contributed by atoms with Crippen LogP contribution in [0.1, 0.15) is 32.6 Å². The van der Waals surface area contributed by atoms with Crippen molar-refractivity contribution in [3.8, 4) is 0 Å². The summed E-state index contributed by atoms with van der Waals surface area (Å²) in [5, 5.41) is 0. The van der Waals surface area contributed by atoms with E-state index in [9.17, 15) is 0 Å². The summed E-state index contributed by atoms with van der Waals surface area (Å²) >= 11 is 0. The van der Waals surface area contributed by atoms with Gasteiger partial charge in [0.05, 0.1) is 12.7 Å². The molecular formula is C12H22O3. The van der Waals surface area contributed by atoms with E-state index in [0.29, 0.717) is 6.61 Å². The van der Waals surface area contributed by atoms with Crippen LogP contribution >= 0.6 is 0 Å². The number of ether oxygens (including phenoxy) is 3. The zero-order chi connectivity index (χ0) is 10.9. The van der Waals surface area contributed by atoms with E-state index < -0.39 is 0 Å². The Morgan fingerprint density at radius 3 is 3.07 bits per heavy atom. The minimum absolute atomic E-state index is 0.00755. The predicted octanol–water partition coefficient (Wildman–Crippen LogP) is 2.51. The van der Waals surface area contributed by atoms with Crippen LogP contribution in [-0.4, -0.2) is 32.2 Å². The maximum Gasteiger partial charge on any atom is 0.157 e. The Morgan fingerprint density at radius 2 is 2.40 bits per heavy atom. The minimum atomic E-state index is 0.00755. The molecule has 15 heavy (non-hydrogen) atoms. The molecule has 0 aromatic heterocycles. The average Bonchev–Trinajstić information content (AvgIpc) is 2.26. The van der Waals surface area contributed by atoms with Crippen molar-refractivity contribution in [3.63, 3.8) is 0 Å². The lowest BCUT2D eigenvalue weighted by molar-refractivity contribution is -0.187. The topological polar surface area (TPSA) is 27.7 Å². The zero-order valence-corrected chi connectivity index (χ0v) is 9.61. The summed E-state index contributed by atoms with van der Waals surface area (Å²) in [6, 6.07) is 0. The van der Waals surface area contributed by atoms with Crippen LogP contribution in [0.25, 0.3) is 0 Å². The van der Waals surface area contributed by atoms with Gasteiger partial charge in [0, 0.05) is 13.2 Å². The molecule has 0 bridgehead atoms. The average molecular weight is 214 g/mol. The monoisotopic (exact) mass is 214 g/mol. The van der Waals surface area contributed by atoms with Gasteiger partial charge in [-0.3, -0.25) is 0 Å². The largest absolute Gasteiger partial charge is 0.377 e. The van der Waals surface area contributed by atoms with Gasteiger partial charge >= 0.3 is 0 Å². The van der Waals surface area contributed by atoms with Gasteiger partial charge in [-0.05, 0) is 32.6 Å². The van der Waals surface area contributed by atoms with Crippen LogP contribution in [0.15, 0.2) is 12.7 Å². The molecule has 0 saturated carbocycles. The molecule has 0 radical (unpaired) electrons. The molecule has 0 spiro atoms. The highest BCUT2D eigenvalue weighted by atomic mass is 16.7. The van der Waals surface area contributed by atoms with E-state index in [1.54, 1.807) is 6.08 Å². The zero-order valence-electron chi connectivity index (χ0n) is 9.61. The molecule has 0 aliphatic carbocycles. The van der Waals surface area contributed by atoms with E-state index in [-0.39, 0.29) is 12.4 Å². The Hall–Kier alpha value is -0.380. The highest BCUT2D eigenvalue weighted by Crippen LogP contribution is 2.16. The SMILES string of the molecule is C=CCOCC[C@H](C)OC1CCCCO1. The van der Waals surface area contributed by atoms with Gasteiger partial charge in [-0.2, -0.15) is 0 Å². The fourth-order valence-electron chi connectivity index (χ4n) is 1.56. The fraction of sp³-hybridized carbons (Fsp3) is 0.833. The second-order valence-electron chi connectivity index (χ2n) is 3.90. The van der Waals surface area contributed by atoms with Crippen molar-refractivity contribution in [1.82, 2.24) is 0 Å². The molecule has 3 nitrogen and oxygen atoms in total. The fourth-order valence-corrected chi connectivity index (χ4v) is 1.56. The molecule has 1 rings (SSSR count). The first-order valence-corrected chi connectivity index (χ1v) is 5.78. The van der Waals surface area contributed by atoms with Gasteiger partial charge in [-0.15, -0.1) is 6.58 Å². The first-order chi connectivity index (χ1) is 7.33. The summed E-state index contributed by atoms with van der Waals surface area (Å²) in [7, 11) is 0. The third-order valence-electron chi connectivity index (χ3n) is 2.43. The molecule has 1 aliphatic heterocycles. The van der Waals surface area contributed by atoms with Gasteiger partial charge in [-0.25, -0.2) is 0 Å². The van der Waals surface area contributed by atoms with E-state index in [1.807, 2.05) is 0 Å². The van der Waals surface area contributed by atoms with Gasteiger partial charge in [0.1, 0.15) is 0 Å². The molecule has 88 valence electrons. The number of hydrogen-bond acceptors (Lipinski definition) is 3. The van der Waals surface area contributed by atoms with E-state index in [1.165, 1.54) is 6.42 Å². The van der Waals surface area contributed by atoms with Gasteiger partial charge in [0.15, 0.2) is 6.29 Å². The van der Waals surface area contributed by atoms with Crippen molar-refractivity contribution in [2.45, 2.75) is 45.0 Å². The molecule has 0 aromatic carbocycles. The van der Waals surface area contributed by atoms with E-state index in [4.69, 9.17) is 14.2 Å². The molecule has 1 unspecified atom stereocenters. The third kappa shape index (κ3) is 5.92. The van der Waals surface area contributed by atoms with Crippen molar-refractivity contribution in [3.05, 3.63) is 12.7 Å². The molecule has 3 heteroatoms. The second-order valence-corrected chi connectivity index (χ2v) is 3.90. The van der Waals surface area contributed by atoms with E-state index in [2.05, 4.69) is 13.5 Å². The molecular weight excluding hydrogens is 192 g/mol. The Morgan fingerprint density at radius 1 is 1.53 bits per heavy atom. The molecule has 2 atom stereocenters. The quantitative estimate of drug-likeness (QED) is 0.481. The molecule has 1 fully saturated rings. The minimum Gasteiger partial charge on any atom is -0.377 e. The maximum atomic E-state index is 5.74. The van der Waals surface area contributed by atoms with Crippen LogP contribution in [0.2, 0.25) is 0 Å². The lowest BCUT2D eigenvalue weighted by Gasteiger charge is -2.25. The maximum absolute atomic E-state index is 5.74. The van der Waals surface area contributed by atoms with Crippen LogP contribution in [0.3, 0.4) is 0 Å². The van der Waals surface area contributed by atoms with Crippen molar-refractivity contribution >= 4 is 0 Å². The first kappa shape index (κ1) is 12.7. The molecule has 1 saturated heterocycles. The Kier molecular flexibility index (Phi) is 6.64. The second kappa shape index (κ2) is 7.85. The van der Waals surface area contributed by atoms with Gasteiger partial charge < -0.3 is 14.2 Å². The van der Waals surface area contributed by atoms with Crippen LogP contribution in [0.4, 0.5) is 0 Å². The van der Waals surface area contributed by atoms with E-state index >= 15 is 0 Å². The third-order valence-corrected chi connectivity index (χ3v) is 2.43. The standard InChI is InChI=1S/C12H22O3/c1-3-8-13-10-7-11(2)15-12-6-4-5-9-14-12/h3,11-12H,1,4-10H2,2H3/t11-,12?/m0/s1. The smallest absolute Gasteiger partial charge is 0.157 e. The first-order valence-electron chi connectivity index (χ1n) is 5.78. The van der Waals surface area contributed by atoms with Gasteiger partial charge in [0.25, 0.3) is 0 Å². The summed E-state index contributed by atoms with van der Waals surface area (Å²) in [5.41, 5.74) is 0. The number of hydrogen-bond donors (Lipinski definition) is 0. The van der Waals surface area contributed by atoms with Crippen molar-refractivity contribution < 1.29 is 14.2 Å². The highest BCUT2D eigenvalue weighted by Gasteiger charge is 2.16. The molecule has 1 heterocycles. The summed E-state index contributed by atoms with van der Waals surface area (Å²) in [4.78, 5) is 0. The lowest BCUT2D eigenvalue weighted by atomic mass is 10.2. The molecule has 0 aromatic rings. The summed E-state index contributed by atoms with van der Waals surface area (Å²) in [6.45, 7) is 7.84. The number of rotatable bonds is 7. The summed E-state index contributed by atoms with van der Waals surface area (Å²) in [5.74, 6) is 0. The summed E-state index contributed by atoms with van der Waals surface area (Å²) in [6.07, 6.45) is 6.29. The van der Waals surface area contributed by atoms with E-state index in [0.717, 1.165) is 32.5 Å². The Balaban J connectivity index is 2.01. The predicted molar refractivity (Wildman–Crippen MR) is 59.8 cm³/mol. The lowest BCUT2D eigenvalue weighted by Crippen LogP contribution is -2.27. The van der Waals surface area contributed by atoms with Crippen LogP contribution in [0, 0.1) is 0 Å². The van der Waals surface area contributed by atoms with Gasteiger partial charge in [-0.1, -0.05) is 6.08 Å². The summed E-state index contributed by atoms with van der Waals surface area (Å²) < 4.78 is 16.5. The normalized spacial score (nSPS) is 23.7. The van der Waals surface area contributed by atoms with Crippen molar-refractivity contribution in [2.24, 2.45) is 0 Å². The van der Waals surface area contributed by atoms with Crippen LogP contribution in [-0.2, 0) is 14.2 Å². The molecule has 0 N–H and O–H groups in total. The van der Waals surface area contributed by atoms with Crippen molar-refractivity contribution in [1.29, 1.82) is 0 Å². The highest BCUT2D eigenvalue weighted by molar-refractivity contribution is 4.64. The van der Waals surface area contributed by atoms with Crippen LogP contribution < -0.4 is 0 Å². The van der Waals surface area contributed by atoms with Crippen LogP contribution in [0.5, 0.6) is 0 Å². The molecule has 0 amide bonds. The van der Waals surface area contributed by atoms with Crippen molar-refractivity contribution in [2.75, 3.05) is 19.8 Å².